The SMILES string of the molecule is Cc1ccccc1[C@H](C(=O)NC1CC(F)(F)C1)N(C(=O)CNS(=O)(=O)N1CC1)c1cccc(F)c1. The van der Waals surface area contributed by atoms with Crippen LogP contribution in [0.5, 0.6) is 0 Å². The van der Waals surface area contributed by atoms with Gasteiger partial charge in [-0.2, -0.15) is 17.4 Å². The van der Waals surface area contributed by atoms with Gasteiger partial charge in [0, 0.05) is 37.7 Å². The van der Waals surface area contributed by atoms with Crippen LogP contribution in [0.3, 0.4) is 0 Å². The summed E-state index contributed by atoms with van der Waals surface area (Å²) in [5.41, 5.74) is 1.04. The number of anilines is 1. The molecule has 2 aromatic rings. The average Bonchev–Trinajstić information content (AvgIpc) is 3.61. The lowest BCUT2D eigenvalue weighted by Gasteiger charge is -2.38. The van der Waals surface area contributed by atoms with Crippen molar-refractivity contribution in [2.45, 2.75) is 37.8 Å². The largest absolute Gasteiger partial charge is 0.351 e. The zero-order chi connectivity index (χ0) is 25.4. The number of carbonyl (C=O) groups excluding carboxylic acids is 2. The lowest BCUT2D eigenvalue weighted by atomic mass is 9.87. The lowest BCUT2D eigenvalue weighted by molar-refractivity contribution is -0.132. The molecule has 0 aromatic heterocycles. The Labute approximate surface area is 201 Å². The van der Waals surface area contributed by atoms with Crippen LogP contribution in [0.4, 0.5) is 18.9 Å². The number of rotatable bonds is 9. The Kier molecular flexibility index (Phi) is 6.89. The van der Waals surface area contributed by atoms with Gasteiger partial charge in [0.2, 0.25) is 11.8 Å². The molecule has 0 unspecified atom stereocenters. The second-order valence-electron chi connectivity index (χ2n) is 8.70. The van der Waals surface area contributed by atoms with Gasteiger partial charge in [-0.25, -0.2) is 13.2 Å². The summed E-state index contributed by atoms with van der Waals surface area (Å²) in [7, 11) is -3.87. The Morgan fingerprint density at radius 1 is 1.14 bits per heavy atom. The highest BCUT2D eigenvalue weighted by Crippen LogP contribution is 2.38. The summed E-state index contributed by atoms with van der Waals surface area (Å²) >= 11 is 0. The van der Waals surface area contributed by atoms with Crippen molar-refractivity contribution in [3.63, 3.8) is 0 Å². The van der Waals surface area contributed by atoms with Crippen LogP contribution < -0.4 is 14.9 Å². The molecule has 1 aliphatic heterocycles. The minimum atomic E-state index is -3.87. The van der Waals surface area contributed by atoms with Crippen molar-refractivity contribution in [2.75, 3.05) is 24.5 Å². The Balaban J connectivity index is 1.70. The van der Waals surface area contributed by atoms with Crippen LogP contribution in [0.15, 0.2) is 48.5 Å². The van der Waals surface area contributed by atoms with Crippen molar-refractivity contribution < 1.29 is 31.2 Å². The zero-order valence-electron chi connectivity index (χ0n) is 18.9. The summed E-state index contributed by atoms with van der Waals surface area (Å²) in [4.78, 5) is 27.9. The van der Waals surface area contributed by atoms with Crippen LogP contribution in [-0.4, -0.2) is 56.1 Å². The van der Waals surface area contributed by atoms with E-state index in [0.29, 0.717) is 24.2 Å². The normalized spacial score (nSPS) is 18.4. The molecule has 1 saturated carbocycles. The topological polar surface area (TPSA) is 98.6 Å². The van der Waals surface area contributed by atoms with Crippen LogP contribution >= 0.6 is 0 Å². The van der Waals surface area contributed by atoms with E-state index >= 15 is 0 Å². The standard InChI is InChI=1S/C23H25F3N4O4S/c1-15-5-2-3-8-19(15)21(22(32)28-17-12-23(25,26)13-17)30(18-7-4-6-16(24)11-18)20(31)14-27-35(33,34)29-9-10-29/h2-8,11,17,21,27H,9-10,12-14H2,1H3,(H,28,32)/t21-/m1/s1. The molecule has 188 valence electrons. The summed E-state index contributed by atoms with van der Waals surface area (Å²) in [6.07, 6.45) is -1.05. The van der Waals surface area contributed by atoms with E-state index in [9.17, 15) is 31.2 Å². The number of halogens is 3. The maximum atomic E-state index is 14.1. The molecular weight excluding hydrogens is 485 g/mol. The summed E-state index contributed by atoms with van der Waals surface area (Å²) in [5.74, 6) is -5.09. The molecule has 2 aliphatic rings. The Bertz CT molecular complexity index is 1230. The van der Waals surface area contributed by atoms with Crippen LogP contribution in [-0.2, 0) is 19.8 Å². The highest BCUT2D eigenvalue weighted by atomic mass is 32.2. The fraction of sp³-hybridized carbons (Fsp3) is 0.391. The molecule has 2 N–H and O–H groups in total. The molecule has 8 nitrogen and oxygen atoms in total. The average molecular weight is 511 g/mol. The molecule has 1 heterocycles. The summed E-state index contributed by atoms with van der Waals surface area (Å²) < 4.78 is 68.7. The predicted octanol–water partition coefficient (Wildman–Crippen LogP) is 2.27. The number of nitrogens with one attached hydrogen (secondary N) is 2. The van der Waals surface area contributed by atoms with Crippen LogP contribution in [0.25, 0.3) is 0 Å². The predicted molar refractivity (Wildman–Crippen MR) is 122 cm³/mol. The maximum Gasteiger partial charge on any atom is 0.280 e. The highest BCUT2D eigenvalue weighted by molar-refractivity contribution is 7.87. The number of hydrogen-bond acceptors (Lipinski definition) is 4. The van der Waals surface area contributed by atoms with Crippen molar-refractivity contribution in [3.8, 4) is 0 Å². The van der Waals surface area contributed by atoms with E-state index in [1.807, 2.05) is 0 Å². The van der Waals surface area contributed by atoms with E-state index in [0.717, 1.165) is 21.3 Å². The fourth-order valence-electron chi connectivity index (χ4n) is 4.01. The zero-order valence-corrected chi connectivity index (χ0v) is 19.7. The minimum Gasteiger partial charge on any atom is -0.351 e. The van der Waals surface area contributed by atoms with E-state index in [-0.39, 0.29) is 5.69 Å². The van der Waals surface area contributed by atoms with Gasteiger partial charge in [0.1, 0.15) is 11.9 Å². The smallest absolute Gasteiger partial charge is 0.280 e. The second-order valence-corrected chi connectivity index (χ2v) is 10.5. The van der Waals surface area contributed by atoms with E-state index < -0.39 is 65.2 Å². The van der Waals surface area contributed by atoms with Gasteiger partial charge in [-0.1, -0.05) is 30.3 Å². The molecule has 0 radical (unpaired) electrons. The summed E-state index contributed by atoms with van der Waals surface area (Å²) in [6.45, 7) is 1.69. The fourth-order valence-corrected chi connectivity index (χ4v) is 5.06. The van der Waals surface area contributed by atoms with Crippen LogP contribution in [0, 0.1) is 12.7 Å². The second kappa shape index (κ2) is 9.59. The third kappa shape index (κ3) is 5.82. The van der Waals surface area contributed by atoms with Gasteiger partial charge in [-0.3, -0.25) is 14.5 Å². The molecule has 2 aromatic carbocycles. The van der Waals surface area contributed by atoms with Gasteiger partial charge in [0.25, 0.3) is 16.1 Å². The van der Waals surface area contributed by atoms with Crippen LogP contribution in [0.2, 0.25) is 0 Å². The molecule has 0 bridgehead atoms. The first kappa shape index (κ1) is 25.1. The van der Waals surface area contributed by atoms with Crippen molar-refractivity contribution in [3.05, 3.63) is 65.5 Å². The molecule has 35 heavy (non-hydrogen) atoms. The number of aryl methyl sites for hydroxylation is 1. The van der Waals surface area contributed by atoms with Gasteiger partial charge in [-0.05, 0) is 36.2 Å². The van der Waals surface area contributed by atoms with E-state index in [2.05, 4.69) is 10.0 Å². The number of amides is 2. The van der Waals surface area contributed by atoms with Crippen molar-refractivity contribution in [2.24, 2.45) is 0 Å². The van der Waals surface area contributed by atoms with Crippen molar-refractivity contribution >= 4 is 27.7 Å². The Morgan fingerprint density at radius 2 is 1.83 bits per heavy atom. The number of benzene rings is 2. The first-order valence-electron chi connectivity index (χ1n) is 11.0. The minimum absolute atomic E-state index is 0.0169. The molecule has 1 atom stereocenters. The van der Waals surface area contributed by atoms with Gasteiger partial charge < -0.3 is 5.32 Å². The number of carbonyl (C=O) groups is 2. The first-order chi connectivity index (χ1) is 16.5. The van der Waals surface area contributed by atoms with Gasteiger partial charge >= 0.3 is 0 Å². The number of hydrogen-bond donors (Lipinski definition) is 2. The van der Waals surface area contributed by atoms with E-state index in [4.69, 9.17) is 0 Å². The molecule has 1 saturated heterocycles. The molecule has 2 fully saturated rings. The first-order valence-corrected chi connectivity index (χ1v) is 12.5. The third-order valence-corrected chi connectivity index (χ3v) is 7.49. The highest BCUT2D eigenvalue weighted by Gasteiger charge is 2.47. The van der Waals surface area contributed by atoms with Gasteiger partial charge in [0.05, 0.1) is 6.54 Å². The number of alkyl halides is 2. The van der Waals surface area contributed by atoms with E-state index in [1.54, 1.807) is 31.2 Å². The molecule has 4 rings (SSSR count). The van der Waals surface area contributed by atoms with Gasteiger partial charge in [0.15, 0.2) is 0 Å². The lowest BCUT2D eigenvalue weighted by Crippen LogP contribution is -2.55. The third-order valence-electron chi connectivity index (χ3n) is 5.93. The molecule has 0 spiro atoms. The van der Waals surface area contributed by atoms with E-state index in [1.165, 1.54) is 12.1 Å². The van der Waals surface area contributed by atoms with Crippen LogP contribution in [0.1, 0.15) is 30.0 Å². The van der Waals surface area contributed by atoms with Gasteiger partial charge in [-0.15, -0.1) is 0 Å². The molecule has 1 aliphatic carbocycles. The Hall–Kier alpha value is -2.96. The van der Waals surface area contributed by atoms with Crippen molar-refractivity contribution in [1.29, 1.82) is 0 Å². The quantitative estimate of drug-likeness (QED) is 0.506. The van der Waals surface area contributed by atoms with Crippen molar-refractivity contribution in [1.82, 2.24) is 14.3 Å². The monoisotopic (exact) mass is 510 g/mol. The molecular formula is C23H25F3N4O4S. The maximum absolute atomic E-state index is 14.1. The molecule has 12 heteroatoms. The summed E-state index contributed by atoms with van der Waals surface area (Å²) in [5, 5.41) is 2.56. The Morgan fingerprint density at radius 3 is 2.43 bits per heavy atom. The number of nitrogens with zero attached hydrogens (tertiary/aromatic N) is 2. The summed E-state index contributed by atoms with van der Waals surface area (Å²) in [6, 6.07) is 9.53. The molecule has 2 amide bonds.